The third kappa shape index (κ3) is 4.09. The summed E-state index contributed by atoms with van der Waals surface area (Å²) in [6.45, 7) is 7.72. The van der Waals surface area contributed by atoms with Gasteiger partial charge in [-0.05, 0) is 60.7 Å². The summed E-state index contributed by atoms with van der Waals surface area (Å²) in [4.78, 5) is 4.71. The van der Waals surface area contributed by atoms with Crippen LogP contribution in [0.1, 0.15) is 37.3 Å². The number of rotatable bonds is 7. The fourth-order valence-electron chi connectivity index (χ4n) is 3.80. The van der Waals surface area contributed by atoms with Crippen LogP contribution in [0.2, 0.25) is 0 Å². The molecular formula is C26H27FN2O. The molecule has 3 aromatic carbocycles. The van der Waals surface area contributed by atoms with E-state index >= 15 is 0 Å². The Bertz CT molecular complexity index is 1160. The number of hydrogen-bond donors (Lipinski definition) is 0. The topological polar surface area (TPSA) is 27.1 Å². The van der Waals surface area contributed by atoms with Crippen molar-refractivity contribution in [3.05, 3.63) is 83.7 Å². The average Bonchev–Trinajstić information content (AvgIpc) is 3.10. The van der Waals surface area contributed by atoms with Gasteiger partial charge in [0.2, 0.25) is 0 Å². The number of fused-ring (bicyclic) bond motifs is 1. The maximum absolute atomic E-state index is 14.5. The number of para-hydroxylation sites is 2. The van der Waals surface area contributed by atoms with Crippen LogP contribution in [0.15, 0.2) is 66.7 Å². The van der Waals surface area contributed by atoms with Gasteiger partial charge in [-0.1, -0.05) is 50.2 Å². The molecule has 30 heavy (non-hydrogen) atoms. The molecule has 0 fully saturated rings. The van der Waals surface area contributed by atoms with Gasteiger partial charge in [0.15, 0.2) is 0 Å². The third-order valence-electron chi connectivity index (χ3n) is 5.34. The van der Waals surface area contributed by atoms with Gasteiger partial charge in [-0.2, -0.15) is 0 Å². The molecule has 0 amide bonds. The smallest absolute Gasteiger partial charge is 0.144 e. The SMILES string of the molecule is Cc1ccc(C(C)C)c(OCCCn2c(-c3ccccc3F)nc3ccccc32)c1. The van der Waals surface area contributed by atoms with Crippen LogP contribution in [0.4, 0.5) is 4.39 Å². The molecule has 1 aromatic heterocycles. The van der Waals surface area contributed by atoms with Gasteiger partial charge in [0.25, 0.3) is 0 Å². The van der Waals surface area contributed by atoms with E-state index in [2.05, 4.69) is 43.5 Å². The van der Waals surface area contributed by atoms with Crippen molar-refractivity contribution in [2.24, 2.45) is 0 Å². The Morgan fingerprint density at radius 1 is 1.00 bits per heavy atom. The van der Waals surface area contributed by atoms with Crippen molar-refractivity contribution < 1.29 is 9.13 Å². The number of hydrogen-bond acceptors (Lipinski definition) is 2. The Hall–Kier alpha value is -3.14. The van der Waals surface area contributed by atoms with Crippen LogP contribution in [0.3, 0.4) is 0 Å². The predicted octanol–water partition coefficient (Wildman–Crippen LogP) is 6.74. The number of ether oxygens (including phenoxy) is 1. The van der Waals surface area contributed by atoms with Crippen LogP contribution in [-0.2, 0) is 6.54 Å². The molecule has 0 N–H and O–H groups in total. The zero-order chi connectivity index (χ0) is 21.1. The summed E-state index contributed by atoms with van der Waals surface area (Å²) < 4.78 is 22.7. The summed E-state index contributed by atoms with van der Waals surface area (Å²) in [5.41, 5.74) is 4.82. The van der Waals surface area contributed by atoms with E-state index in [-0.39, 0.29) is 5.82 Å². The molecule has 4 rings (SSSR count). The summed E-state index contributed by atoms with van der Waals surface area (Å²) in [5, 5.41) is 0. The zero-order valence-corrected chi connectivity index (χ0v) is 17.7. The van der Waals surface area contributed by atoms with Crippen molar-refractivity contribution in [2.45, 2.75) is 39.7 Å². The Balaban J connectivity index is 1.56. The second-order valence-corrected chi connectivity index (χ2v) is 7.95. The molecule has 0 aliphatic carbocycles. The number of nitrogens with zero attached hydrogens (tertiary/aromatic N) is 2. The minimum absolute atomic E-state index is 0.258. The van der Waals surface area contributed by atoms with E-state index in [1.165, 1.54) is 17.2 Å². The van der Waals surface area contributed by atoms with Gasteiger partial charge >= 0.3 is 0 Å². The normalized spacial score (nSPS) is 11.4. The van der Waals surface area contributed by atoms with Gasteiger partial charge in [-0.3, -0.25) is 0 Å². The van der Waals surface area contributed by atoms with Crippen LogP contribution >= 0.6 is 0 Å². The van der Waals surface area contributed by atoms with Crippen molar-refractivity contribution >= 4 is 11.0 Å². The highest BCUT2D eigenvalue weighted by Crippen LogP contribution is 2.29. The van der Waals surface area contributed by atoms with E-state index in [9.17, 15) is 4.39 Å². The molecule has 0 radical (unpaired) electrons. The highest BCUT2D eigenvalue weighted by atomic mass is 19.1. The van der Waals surface area contributed by atoms with Gasteiger partial charge in [-0.25, -0.2) is 9.37 Å². The largest absolute Gasteiger partial charge is 0.493 e. The standard InChI is InChI=1S/C26H27FN2O/c1-18(2)20-14-13-19(3)17-25(20)30-16-8-15-29-24-12-7-6-11-23(24)28-26(29)21-9-4-5-10-22(21)27/h4-7,9-14,17-18H,8,15-16H2,1-3H3. The highest BCUT2D eigenvalue weighted by molar-refractivity contribution is 5.80. The van der Waals surface area contributed by atoms with Crippen LogP contribution in [0.25, 0.3) is 22.4 Å². The quantitative estimate of drug-likeness (QED) is 0.320. The van der Waals surface area contributed by atoms with Crippen molar-refractivity contribution in [3.63, 3.8) is 0 Å². The number of aromatic nitrogens is 2. The van der Waals surface area contributed by atoms with E-state index in [4.69, 9.17) is 9.72 Å². The monoisotopic (exact) mass is 402 g/mol. The molecule has 0 bridgehead atoms. The van der Waals surface area contributed by atoms with Gasteiger partial charge in [0.05, 0.1) is 23.2 Å². The summed E-state index contributed by atoms with van der Waals surface area (Å²) in [6.07, 6.45) is 0.799. The highest BCUT2D eigenvalue weighted by Gasteiger charge is 2.15. The predicted molar refractivity (Wildman–Crippen MR) is 121 cm³/mol. The van der Waals surface area contributed by atoms with Crippen LogP contribution in [-0.4, -0.2) is 16.2 Å². The molecule has 0 aliphatic rings. The fraction of sp³-hybridized carbons (Fsp3) is 0.269. The van der Waals surface area contributed by atoms with Crippen molar-refractivity contribution in [1.29, 1.82) is 0 Å². The van der Waals surface area contributed by atoms with Gasteiger partial charge in [-0.15, -0.1) is 0 Å². The lowest BCUT2D eigenvalue weighted by Crippen LogP contribution is -2.08. The Kier molecular flexibility index (Phi) is 5.84. The maximum Gasteiger partial charge on any atom is 0.144 e. The molecule has 0 saturated carbocycles. The van der Waals surface area contributed by atoms with E-state index < -0.39 is 0 Å². The molecule has 0 aliphatic heterocycles. The molecule has 0 spiro atoms. The molecule has 3 nitrogen and oxygen atoms in total. The molecule has 0 unspecified atom stereocenters. The minimum atomic E-state index is -0.258. The van der Waals surface area contributed by atoms with E-state index in [0.29, 0.717) is 30.5 Å². The first-order valence-corrected chi connectivity index (χ1v) is 10.5. The summed E-state index contributed by atoms with van der Waals surface area (Å²) >= 11 is 0. The third-order valence-corrected chi connectivity index (χ3v) is 5.34. The number of imidazole rings is 1. The lowest BCUT2D eigenvalue weighted by atomic mass is 10.0. The number of halogens is 1. The van der Waals surface area contributed by atoms with Crippen molar-refractivity contribution in [1.82, 2.24) is 9.55 Å². The first-order chi connectivity index (χ1) is 14.5. The van der Waals surface area contributed by atoms with Crippen molar-refractivity contribution in [2.75, 3.05) is 6.61 Å². The van der Waals surface area contributed by atoms with E-state index in [1.54, 1.807) is 12.1 Å². The molecule has 0 atom stereocenters. The lowest BCUT2D eigenvalue weighted by molar-refractivity contribution is 0.298. The second kappa shape index (κ2) is 8.70. The molecule has 1 heterocycles. The average molecular weight is 403 g/mol. The second-order valence-electron chi connectivity index (χ2n) is 7.95. The van der Waals surface area contributed by atoms with Crippen molar-refractivity contribution in [3.8, 4) is 17.1 Å². The summed E-state index contributed by atoms with van der Waals surface area (Å²) in [7, 11) is 0. The maximum atomic E-state index is 14.5. The molecule has 154 valence electrons. The zero-order valence-electron chi connectivity index (χ0n) is 17.7. The Morgan fingerprint density at radius 2 is 1.77 bits per heavy atom. The molecule has 4 aromatic rings. The first-order valence-electron chi connectivity index (χ1n) is 10.5. The molecular weight excluding hydrogens is 375 g/mol. The summed E-state index contributed by atoms with van der Waals surface area (Å²) in [6, 6.07) is 21.1. The van der Waals surface area contributed by atoms with Gasteiger partial charge in [0, 0.05) is 6.54 Å². The molecule has 0 saturated heterocycles. The Morgan fingerprint density at radius 3 is 2.57 bits per heavy atom. The van der Waals surface area contributed by atoms with E-state index in [0.717, 1.165) is 23.2 Å². The van der Waals surface area contributed by atoms with Gasteiger partial charge in [0.1, 0.15) is 17.4 Å². The van der Waals surface area contributed by atoms with Gasteiger partial charge < -0.3 is 9.30 Å². The fourth-order valence-corrected chi connectivity index (χ4v) is 3.80. The lowest BCUT2D eigenvalue weighted by Gasteiger charge is -2.15. The molecule has 4 heteroatoms. The number of aryl methyl sites for hydroxylation is 2. The van der Waals surface area contributed by atoms with Crippen LogP contribution in [0.5, 0.6) is 5.75 Å². The first kappa shape index (κ1) is 20.1. The Labute approximate surface area is 177 Å². The van der Waals surface area contributed by atoms with E-state index in [1.807, 2.05) is 30.3 Å². The summed E-state index contributed by atoms with van der Waals surface area (Å²) in [5.74, 6) is 1.76. The van der Waals surface area contributed by atoms with Crippen LogP contribution < -0.4 is 4.74 Å². The minimum Gasteiger partial charge on any atom is -0.493 e. The van der Waals surface area contributed by atoms with Crippen LogP contribution in [0, 0.1) is 12.7 Å². The number of benzene rings is 3.